The minimum atomic E-state index is -0.869. The summed E-state index contributed by atoms with van der Waals surface area (Å²) in [6.07, 6.45) is 0.278. The quantitative estimate of drug-likeness (QED) is 0.403. The number of rotatable bonds is 6. The van der Waals surface area contributed by atoms with E-state index in [2.05, 4.69) is 15.0 Å². The van der Waals surface area contributed by atoms with Crippen molar-refractivity contribution in [2.75, 3.05) is 6.54 Å². The van der Waals surface area contributed by atoms with Crippen LogP contribution in [0.2, 0.25) is 0 Å². The van der Waals surface area contributed by atoms with Crippen LogP contribution in [0.5, 0.6) is 0 Å². The summed E-state index contributed by atoms with van der Waals surface area (Å²) in [6.45, 7) is 3.22. The molecule has 5 rings (SSSR count). The van der Waals surface area contributed by atoms with E-state index in [1.165, 1.54) is 0 Å². The molecule has 1 amide bonds. The van der Waals surface area contributed by atoms with Crippen LogP contribution in [0.3, 0.4) is 0 Å². The second-order valence-corrected chi connectivity index (χ2v) is 8.52. The fourth-order valence-electron chi connectivity index (χ4n) is 4.18. The first-order valence-corrected chi connectivity index (χ1v) is 11.2. The Kier molecular flexibility index (Phi) is 5.75. The molecule has 0 bridgehead atoms. The Hall–Kier alpha value is -4.14. The number of carboxylic acid groups (broad SMARTS) is 1. The third-order valence-corrected chi connectivity index (χ3v) is 6.05. The summed E-state index contributed by atoms with van der Waals surface area (Å²) in [5.41, 5.74) is 5.10. The number of aromatic amines is 2. The first kappa shape index (κ1) is 21.7. The van der Waals surface area contributed by atoms with E-state index in [9.17, 15) is 9.59 Å². The molecule has 0 saturated carbocycles. The molecule has 4 aromatic rings. The number of hydrogen-bond donors (Lipinski definition) is 3. The third-order valence-electron chi connectivity index (χ3n) is 6.05. The number of aromatic nitrogens is 4. The van der Waals surface area contributed by atoms with Gasteiger partial charge in [0, 0.05) is 13.0 Å². The van der Waals surface area contributed by atoms with Crippen molar-refractivity contribution in [2.45, 2.75) is 38.8 Å². The highest BCUT2D eigenvalue weighted by molar-refractivity contribution is 5.78. The Balaban J connectivity index is 1.27. The monoisotopic (exact) mass is 459 g/mol. The molecule has 0 fully saturated rings. The average Bonchev–Trinajstić information content (AvgIpc) is 3.45. The van der Waals surface area contributed by atoms with Crippen molar-refractivity contribution < 1.29 is 19.4 Å². The van der Waals surface area contributed by atoms with Crippen LogP contribution in [-0.2, 0) is 35.5 Å². The number of fused-ring (bicyclic) bond motifs is 2. The first-order valence-electron chi connectivity index (χ1n) is 11.2. The van der Waals surface area contributed by atoms with E-state index in [0.717, 1.165) is 45.2 Å². The van der Waals surface area contributed by atoms with Crippen molar-refractivity contribution in [2.24, 2.45) is 0 Å². The van der Waals surface area contributed by atoms with Crippen LogP contribution in [0.1, 0.15) is 47.0 Å². The van der Waals surface area contributed by atoms with Gasteiger partial charge in [-0.25, -0.2) is 14.8 Å². The van der Waals surface area contributed by atoms with Gasteiger partial charge in [-0.2, -0.15) is 0 Å². The Morgan fingerprint density at radius 3 is 2.68 bits per heavy atom. The molecular formula is C25H25N5O4. The molecule has 174 valence electrons. The van der Waals surface area contributed by atoms with Crippen molar-refractivity contribution >= 4 is 23.1 Å². The van der Waals surface area contributed by atoms with Gasteiger partial charge in [-0.1, -0.05) is 36.4 Å². The lowest BCUT2D eigenvalue weighted by atomic mass is 10.1. The number of nitrogens with one attached hydrogen (secondary N) is 2. The number of nitrogens with zero attached hydrogens (tertiary/aromatic N) is 3. The standard InChI is InChI=1S/C25H25N5O4/c1-15(23-26-18-8-7-17(12-22(31)32)11-20(18)28-23)24-27-19-9-10-30(13-21(19)29-24)25(33)34-14-16-5-3-2-4-6-16/h2-8,11,15H,9-10,12-14H2,1H3,(H,26,28)(H,27,29)(H,31,32). The summed E-state index contributed by atoms with van der Waals surface area (Å²) in [7, 11) is 0. The van der Waals surface area contributed by atoms with Crippen LogP contribution in [0.25, 0.3) is 11.0 Å². The van der Waals surface area contributed by atoms with Crippen LogP contribution in [-0.4, -0.2) is 48.5 Å². The Morgan fingerprint density at radius 2 is 1.88 bits per heavy atom. The Labute approximate surface area is 195 Å². The number of carboxylic acids is 1. The van der Waals surface area contributed by atoms with Gasteiger partial charge in [0.25, 0.3) is 0 Å². The van der Waals surface area contributed by atoms with Gasteiger partial charge < -0.3 is 24.7 Å². The zero-order chi connectivity index (χ0) is 23.7. The number of H-pyrrole nitrogens is 2. The predicted molar refractivity (Wildman–Crippen MR) is 124 cm³/mol. The Morgan fingerprint density at radius 1 is 1.09 bits per heavy atom. The van der Waals surface area contributed by atoms with Crippen molar-refractivity contribution in [3.05, 3.63) is 82.7 Å². The van der Waals surface area contributed by atoms with E-state index in [4.69, 9.17) is 14.8 Å². The normalized spacial score (nSPS) is 14.1. The van der Waals surface area contributed by atoms with E-state index in [1.54, 1.807) is 11.0 Å². The maximum Gasteiger partial charge on any atom is 0.410 e. The summed E-state index contributed by atoms with van der Waals surface area (Å²) in [5, 5.41) is 9.03. The smallest absolute Gasteiger partial charge is 0.410 e. The lowest BCUT2D eigenvalue weighted by Crippen LogP contribution is -2.36. The highest BCUT2D eigenvalue weighted by atomic mass is 16.6. The van der Waals surface area contributed by atoms with Crippen molar-refractivity contribution in [1.29, 1.82) is 0 Å². The largest absolute Gasteiger partial charge is 0.481 e. The van der Waals surface area contributed by atoms with Gasteiger partial charge in [0.05, 0.1) is 41.3 Å². The van der Waals surface area contributed by atoms with Gasteiger partial charge in [-0.3, -0.25) is 4.79 Å². The van der Waals surface area contributed by atoms with Crippen LogP contribution in [0.4, 0.5) is 4.79 Å². The topological polar surface area (TPSA) is 124 Å². The maximum atomic E-state index is 12.6. The summed E-state index contributed by atoms with van der Waals surface area (Å²) in [6, 6.07) is 15.0. The molecule has 9 heteroatoms. The van der Waals surface area contributed by atoms with Crippen molar-refractivity contribution in [3.63, 3.8) is 0 Å². The SMILES string of the molecule is CC(c1nc2c([nH]1)CN(C(=O)OCc1ccccc1)CC2)c1nc2ccc(CC(=O)O)cc2[nH]1. The molecule has 3 heterocycles. The molecule has 2 aromatic carbocycles. The van der Waals surface area contributed by atoms with Gasteiger partial charge in [0.15, 0.2) is 0 Å². The maximum absolute atomic E-state index is 12.6. The highest BCUT2D eigenvalue weighted by Crippen LogP contribution is 2.26. The van der Waals surface area contributed by atoms with Crippen LogP contribution < -0.4 is 0 Å². The summed E-state index contributed by atoms with van der Waals surface area (Å²) < 4.78 is 5.47. The fourth-order valence-corrected chi connectivity index (χ4v) is 4.18. The lowest BCUT2D eigenvalue weighted by molar-refractivity contribution is -0.136. The molecule has 0 spiro atoms. The lowest BCUT2D eigenvalue weighted by Gasteiger charge is -2.25. The van der Waals surface area contributed by atoms with Gasteiger partial charge in [0.1, 0.15) is 18.3 Å². The Bertz CT molecular complexity index is 1340. The fraction of sp³-hybridized carbons (Fsp3) is 0.280. The molecule has 3 N–H and O–H groups in total. The molecule has 1 aliphatic heterocycles. The molecule has 34 heavy (non-hydrogen) atoms. The van der Waals surface area contributed by atoms with E-state index < -0.39 is 5.97 Å². The molecule has 1 atom stereocenters. The van der Waals surface area contributed by atoms with Gasteiger partial charge >= 0.3 is 12.1 Å². The van der Waals surface area contributed by atoms with E-state index in [-0.39, 0.29) is 25.0 Å². The van der Waals surface area contributed by atoms with E-state index in [0.29, 0.717) is 19.5 Å². The molecule has 2 aromatic heterocycles. The summed E-state index contributed by atoms with van der Waals surface area (Å²) in [5.74, 6) is 0.521. The number of aliphatic carboxylic acids is 1. The molecule has 0 saturated heterocycles. The minimum Gasteiger partial charge on any atom is -0.481 e. The van der Waals surface area contributed by atoms with Crippen LogP contribution in [0.15, 0.2) is 48.5 Å². The van der Waals surface area contributed by atoms with E-state index >= 15 is 0 Å². The zero-order valence-corrected chi connectivity index (χ0v) is 18.7. The summed E-state index contributed by atoms with van der Waals surface area (Å²) in [4.78, 5) is 41.3. The first-order chi connectivity index (χ1) is 16.5. The molecule has 9 nitrogen and oxygen atoms in total. The van der Waals surface area contributed by atoms with Gasteiger partial charge in [-0.15, -0.1) is 0 Å². The molecular weight excluding hydrogens is 434 g/mol. The predicted octanol–water partition coefficient (Wildman–Crippen LogP) is 3.76. The highest BCUT2D eigenvalue weighted by Gasteiger charge is 2.27. The van der Waals surface area contributed by atoms with Crippen LogP contribution >= 0.6 is 0 Å². The van der Waals surface area contributed by atoms with Gasteiger partial charge in [-0.05, 0) is 30.2 Å². The number of carbonyl (C=O) groups is 2. The zero-order valence-electron chi connectivity index (χ0n) is 18.7. The van der Waals surface area contributed by atoms with E-state index in [1.807, 2.05) is 49.4 Å². The van der Waals surface area contributed by atoms with Crippen molar-refractivity contribution in [1.82, 2.24) is 24.8 Å². The number of hydrogen-bond acceptors (Lipinski definition) is 5. The number of carbonyl (C=O) groups excluding carboxylic acids is 1. The molecule has 1 unspecified atom stereocenters. The van der Waals surface area contributed by atoms with Gasteiger partial charge in [0.2, 0.25) is 0 Å². The number of benzene rings is 2. The average molecular weight is 460 g/mol. The molecule has 1 aliphatic rings. The van der Waals surface area contributed by atoms with Crippen molar-refractivity contribution in [3.8, 4) is 0 Å². The second kappa shape index (κ2) is 9.01. The molecule has 0 radical (unpaired) electrons. The molecule has 0 aliphatic carbocycles. The third kappa shape index (κ3) is 4.50. The second-order valence-electron chi connectivity index (χ2n) is 8.52. The summed E-state index contributed by atoms with van der Waals surface area (Å²) >= 11 is 0. The van der Waals surface area contributed by atoms with Crippen LogP contribution in [0, 0.1) is 0 Å². The minimum absolute atomic E-state index is 0.0327. The number of amides is 1. The number of imidazole rings is 2. The number of ether oxygens (including phenoxy) is 1.